The predicted octanol–water partition coefficient (Wildman–Crippen LogP) is 3.57. The van der Waals surface area contributed by atoms with Crippen molar-refractivity contribution in [2.24, 2.45) is 0 Å². The third-order valence-electron chi connectivity index (χ3n) is 3.71. The van der Waals surface area contributed by atoms with Crippen LogP contribution in [0.5, 0.6) is 0 Å². The van der Waals surface area contributed by atoms with Crippen LogP contribution in [0.2, 0.25) is 5.02 Å². The van der Waals surface area contributed by atoms with Gasteiger partial charge in [-0.05, 0) is 54.8 Å². The Labute approximate surface area is 155 Å². The highest BCUT2D eigenvalue weighted by atomic mass is 35.5. The molecule has 1 aliphatic carbocycles. The first-order chi connectivity index (χ1) is 12.3. The topological polar surface area (TPSA) is 75.3 Å². The Morgan fingerprint density at radius 1 is 1.15 bits per heavy atom. The highest BCUT2D eigenvalue weighted by Gasteiger charge is 2.27. The fraction of sp³-hybridized carbons (Fsp3) is 0.167. The number of sulfonamides is 1. The largest absolute Gasteiger partial charge is 0.320 e. The van der Waals surface area contributed by atoms with Gasteiger partial charge in [0.1, 0.15) is 5.82 Å². The lowest BCUT2D eigenvalue weighted by molar-refractivity contribution is -0.111. The first-order valence-electron chi connectivity index (χ1n) is 7.90. The third kappa shape index (κ3) is 4.91. The molecule has 26 heavy (non-hydrogen) atoms. The first-order valence-corrected chi connectivity index (χ1v) is 9.76. The van der Waals surface area contributed by atoms with Crippen LogP contribution in [-0.2, 0) is 14.8 Å². The first kappa shape index (κ1) is 18.6. The van der Waals surface area contributed by atoms with Crippen molar-refractivity contribution in [1.29, 1.82) is 0 Å². The fourth-order valence-electron chi connectivity index (χ4n) is 2.18. The second kappa shape index (κ2) is 7.57. The summed E-state index contributed by atoms with van der Waals surface area (Å²) in [5, 5.41) is 2.64. The summed E-state index contributed by atoms with van der Waals surface area (Å²) >= 11 is 5.66. The molecule has 0 radical (unpaired) electrons. The number of carbonyl (C=O) groups is 1. The molecule has 0 aromatic heterocycles. The van der Waals surface area contributed by atoms with Gasteiger partial charge in [-0.3, -0.25) is 4.79 Å². The van der Waals surface area contributed by atoms with Crippen LogP contribution in [0.4, 0.5) is 10.1 Å². The van der Waals surface area contributed by atoms with Gasteiger partial charge in [-0.2, -0.15) is 0 Å². The molecule has 2 aromatic carbocycles. The van der Waals surface area contributed by atoms with Crippen molar-refractivity contribution in [3.8, 4) is 0 Å². The predicted molar refractivity (Wildman–Crippen MR) is 98.9 cm³/mol. The molecule has 5 nitrogen and oxygen atoms in total. The van der Waals surface area contributed by atoms with Gasteiger partial charge in [0.2, 0.25) is 15.9 Å². The van der Waals surface area contributed by atoms with E-state index in [2.05, 4.69) is 10.0 Å². The Kier molecular flexibility index (Phi) is 5.41. The van der Waals surface area contributed by atoms with Crippen LogP contribution in [0.25, 0.3) is 6.08 Å². The number of hydrogen-bond donors (Lipinski definition) is 2. The van der Waals surface area contributed by atoms with Crippen molar-refractivity contribution in [2.75, 3.05) is 5.32 Å². The summed E-state index contributed by atoms with van der Waals surface area (Å²) in [7, 11) is -3.50. The van der Waals surface area contributed by atoms with E-state index in [9.17, 15) is 17.6 Å². The molecule has 0 bridgehead atoms. The van der Waals surface area contributed by atoms with Gasteiger partial charge in [-0.1, -0.05) is 23.7 Å². The third-order valence-corrected chi connectivity index (χ3v) is 5.48. The molecule has 2 N–H and O–H groups in total. The Bertz CT molecular complexity index is 955. The van der Waals surface area contributed by atoms with Crippen LogP contribution in [0.15, 0.2) is 53.4 Å². The van der Waals surface area contributed by atoms with Crippen LogP contribution in [0.1, 0.15) is 18.4 Å². The van der Waals surface area contributed by atoms with E-state index in [-0.39, 0.29) is 21.6 Å². The monoisotopic (exact) mass is 394 g/mol. The molecule has 136 valence electrons. The van der Waals surface area contributed by atoms with Gasteiger partial charge in [-0.15, -0.1) is 0 Å². The van der Waals surface area contributed by atoms with Gasteiger partial charge in [0.25, 0.3) is 0 Å². The molecular formula is C18H16ClFN2O3S. The average Bonchev–Trinajstić information content (AvgIpc) is 3.39. The molecular weight excluding hydrogens is 379 g/mol. The number of carbonyl (C=O) groups excluding carboxylic acids is 1. The molecule has 0 spiro atoms. The minimum atomic E-state index is -3.50. The molecule has 2 aromatic rings. The molecule has 0 saturated heterocycles. The zero-order valence-corrected chi connectivity index (χ0v) is 15.1. The lowest BCUT2D eigenvalue weighted by atomic mass is 10.2. The molecule has 0 aliphatic heterocycles. The van der Waals surface area contributed by atoms with Gasteiger partial charge in [0.05, 0.1) is 10.6 Å². The minimum Gasteiger partial charge on any atom is -0.320 e. The molecule has 8 heteroatoms. The molecule has 3 rings (SSSR count). The van der Waals surface area contributed by atoms with Crippen molar-refractivity contribution >= 4 is 39.3 Å². The summed E-state index contributed by atoms with van der Waals surface area (Å²) < 4.78 is 40.4. The van der Waals surface area contributed by atoms with Crippen LogP contribution >= 0.6 is 11.6 Å². The van der Waals surface area contributed by atoms with Gasteiger partial charge in [-0.25, -0.2) is 17.5 Å². The maximum Gasteiger partial charge on any atom is 0.248 e. The van der Waals surface area contributed by atoms with E-state index in [1.807, 2.05) is 0 Å². The van der Waals surface area contributed by atoms with Crippen molar-refractivity contribution in [1.82, 2.24) is 4.72 Å². The smallest absolute Gasteiger partial charge is 0.248 e. The van der Waals surface area contributed by atoms with E-state index in [4.69, 9.17) is 11.6 Å². The van der Waals surface area contributed by atoms with Gasteiger partial charge in [0, 0.05) is 17.1 Å². The Morgan fingerprint density at radius 3 is 2.46 bits per heavy atom. The normalized spacial score (nSPS) is 14.5. The Morgan fingerprint density at radius 2 is 1.85 bits per heavy atom. The second-order valence-electron chi connectivity index (χ2n) is 5.91. The van der Waals surface area contributed by atoms with Crippen LogP contribution < -0.4 is 10.0 Å². The molecule has 0 heterocycles. The molecule has 1 aliphatic rings. The van der Waals surface area contributed by atoms with Gasteiger partial charge in [0.15, 0.2) is 0 Å². The van der Waals surface area contributed by atoms with E-state index in [0.717, 1.165) is 18.9 Å². The number of nitrogens with one attached hydrogen (secondary N) is 2. The number of halogens is 2. The van der Waals surface area contributed by atoms with Crippen LogP contribution in [-0.4, -0.2) is 20.4 Å². The minimum absolute atomic E-state index is 0.0247. The van der Waals surface area contributed by atoms with Gasteiger partial charge >= 0.3 is 0 Å². The zero-order chi connectivity index (χ0) is 18.7. The second-order valence-corrected chi connectivity index (χ2v) is 8.06. The number of amides is 1. The highest BCUT2D eigenvalue weighted by Crippen LogP contribution is 2.22. The number of benzene rings is 2. The number of anilines is 1. The van der Waals surface area contributed by atoms with E-state index >= 15 is 0 Å². The average molecular weight is 395 g/mol. The lowest BCUT2D eigenvalue weighted by Crippen LogP contribution is -2.25. The van der Waals surface area contributed by atoms with E-state index in [1.165, 1.54) is 36.4 Å². The number of hydrogen-bond acceptors (Lipinski definition) is 3. The SMILES string of the molecule is O=C(/C=C/c1ccc(S(=O)(=O)NC2CC2)cc1)Nc1ccc(Cl)cc1F. The molecule has 0 atom stereocenters. The number of rotatable bonds is 6. The zero-order valence-electron chi connectivity index (χ0n) is 13.6. The summed E-state index contributed by atoms with van der Waals surface area (Å²) in [4.78, 5) is 12.0. The van der Waals surface area contributed by atoms with E-state index in [0.29, 0.717) is 5.56 Å². The Balaban J connectivity index is 1.63. The Hall–Kier alpha value is -2.22. The van der Waals surface area contributed by atoms with Crippen molar-refractivity contribution < 1.29 is 17.6 Å². The van der Waals surface area contributed by atoms with Crippen molar-refractivity contribution in [2.45, 2.75) is 23.8 Å². The maximum absolute atomic E-state index is 13.6. The van der Waals surface area contributed by atoms with Crippen LogP contribution in [0.3, 0.4) is 0 Å². The molecule has 1 amide bonds. The van der Waals surface area contributed by atoms with E-state index in [1.54, 1.807) is 12.1 Å². The summed E-state index contributed by atoms with van der Waals surface area (Å²) in [5.74, 6) is -1.14. The van der Waals surface area contributed by atoms with Crippen molar-refractivity contribution in [3.63, 3.8) is 0 Å². The summed E-state index contributed by atoms with van der Waals surface area (Å²) in [6.45, 7) is 0. The van der Waals surface area contributed by atoms with Gasteiger partial charge < -0.3 is 5.32 Å². The fourth-order valence-corrected chi connectivity index (χ4v) is 3.65. The van der Waals surface area contributed by atoms with Crippen molar-refractivity contribution in [3.05, 3.63) is 64.9 Å². The van der Waals surface area contributed by atoms with E-state index < -0.39 is 21.7 Å². The molecule has 1 saturated carbocycles. The standard InChI is InChI=1S/C18H16ClFN2O3S/c19-13-4-9-17(16(20)11-13)21-18(23)10-3-12-1-7-15(8-2-12)26(24,25)22-14-5-6-14/h1-4,7-11,14,22H,5-6H2,(H,21,23)/b10-3+. The summed E-state index contributed by atoms with van der Waals surface area (Å²) in [6, 6.07) is 10.1. The van der Waals surface area contributed by atoms with Crippen LogP contribution in [0, 0.1) is 5.82 Å². The lowest BCUT2D eigenvalue weighted by Gasteiger charge is -2.05. The molecule has 0 unspecified atom stereocenters. The summed E-state index contributed by atoms with van der Waals surface area (Å²) in [6.07, 6.45) is 4.47. The highest BCUT2D eigenvalue weighted by molar-refractivity contribution is 7.89. The quantitative estimate of drug-likeness (QED) is 0.735. The molecule has 1 fully saturated rings. The maximum atomic E-state index is 13.6. The summed E-state index contributed by atoms with van der Waals surface area (Å²) in [5.41, 5.74) is 0.666.